The zero-order chi connectivity index (χ0) is 20.8. The molecule has 0 radical (unpaired) electrons. The van der Waals surface area contributed by atoms with E-state index in [0.717, 1.165) is 5.56 Å². The zero-order valence-corrected chi connectivity index (χ0v) is 16.0. The number of amides is 1. The lowest BCUT2D eigenvalue weighted by Crippen LogP contribution is -2.41. The predicted molar refractivity (Wildman–Crippen MR) is 108 cm³/mol. The van der Waals surface area contributed by atoms with E-state index in [9.17, 15) is 24.6 Å². The lowest BCUT2D eigenvalue weighted by atomic mass is 10.0. The molecule has 0 bridgehead atoms. The fourth-order valence-electron chi connectivity index (χ4n) is 3.62. The standard InChI is InChI=1S/C22H24N2O5/c25-20(24-14-6-11-19(24)22(28)29)16-9-4-5-10-17(16)23-18(21(26)27)13-12-15-7-2-1-3-8-15/h1-5,7-10,18-19,23H,6,11-14H2,(H,26,27)(H,28,29)/t18?,19-/m0/s1. The van der Waals surface area contributed by atoms with Crippen molar-refractivity contribution in [2.45, 2.75) is 37.8 Å². The van der Waals surface area contributed by atoms with Crippen molar-refractivity contribution in [1.29, 1.82) is 0 Å². The van der Waals surface area contributed by atoms with Gasteiger partial charge in [-0.2, -0.15) is 0 Å². The molecule has 1 amide bonds. The Morgan fingerprint density at radius 3 is 2.41 bits per heavy atom. The highest BCUT2D eigenvalue weighted by atomic mass is 16.4. The van der Waals surface area contributed by atoms with E-state index in [1.807, 2.05) is 30.3 Å². The third-order valence-electron chi connectivity index (χ3n) is 5.15. The van der Waals surface area contributed by atoms with Crippen molar-refractivity contribution in [3.63, 3.8) is 0 Å². The third-order valence-corrected chi connectivity index (χ3v) is 5.15. The van der Waals surface area contributed by atoms with Crippen molar-refractivity contribution in [3.8, 4) is 0 Å². The Labute approximate surface area is 169 Å². The smallest absolute Gasteiger partial charge is 0.326 e. The summed E-state index contributed by atoms with van der Waals surface area (Å²) in [5.41, 5.74) is 1.71. The quantitative estimate of drug-likeness (QED) is 0.633. The first-order chi connectivity index (χ1) is 14.0. The van der Waals surface area contributed by atoms with Crippen molar-refractivity contribution in [1.82, 2.24) is 4.90 Å². The van der Waals surface area contributed by atoms with Gasteiger partial charge in [-0.15, -0.1) is 0 Å². The molecule has 3 rings (SSSR count). The van der Waals surface area contributed by atoms with Crippen LogP contribution in [-0.4, -0.2) is 51.6 Å². The lowest BCUT2D eigenvalue weighted by Gasteiger charge is -2.24. The highest BCUT2D eigenvalue weighted by molar-refractivity contribution is 6.02. The first-order valence-corrected chi connectivity index (χ1v) is 9.63. The summed E-state index contributed by atoms with van der Waals surface area (Å²) in [6, 6.07) is 14.5. The van der Waals surface area contributed by atoms with Gasteiger partial charge in [-0.1, -0.05) is 42.5 Å². The molecule has 2 atom stereocenters. The minimum atomic E-state index is -1.02. The molecule has 1 aliphatic rings. The van der Waals surface area contributed by atoms with Crippen LogP contribution >= 0.6 is 0 Å². The number of benzene rings is 2. The molecule has 1 heterocycles. The van der Waals surface area contributed by atoms with Gasteiger partial charge in [-0.25, -0.2) is 9.59 Å². The maximum absolute atomic E-state index is 13.0. The Hall–Kier alpha value is -3.35. The second-order valence-corrected chi connectivity index (χ2v) is 7.10. The van der Waals surface area contributed by atoms with Gasteiger partial charge in [0.05, 0.1) is 5.56 Å². The van der Waals surface area contributed by atoms with E-state index in [-0.39, 0.29) is 5.56 Å². The molecule has 29 heavy (non-hydrogen) atoms. The summed E-state index contributed by atoms with van der Waals surface area (Å²) >= 11 is 0. The number of carboxylic acids is 2. The van der Waals surface area contributed by atoms with Crippen LogP contribution < -0.4 is 5.32 Å². The van der Waals surface area contributed by atoms with Gasteiger partial charge in [-0.3, -0.25) is 4.79 Å². The molecule has 152 valence electrons. The predicted octanol–water partition coefficient (Wildman–Crippen LogP) is 2.87. The summed E-state index contributed by atoms with van der Waals surface area (Å²) in [5.74, 6) is -2.43. The SMILES string of the molecule is O=C(O)C(CCc1ccccc1)Nc1ccccc1C(=O)N1CCC[C@H]1C(=O)O. The van der Waals surface area contributed by atoms with E-state index in [2.05, 4.69) is 5.32 Å². The highest BCUT2D eigenvalue weighted by Gasteiger charge is 2.35. The van der Waals surface area contributed by atoms with E-state index in [4.69, 9.17) is 0 Å². The van der Waals surface area contributed by atoms with Crippen LogP contribution in [0.3, 0.4) is 0 Å². The molecule has 1 fully saturated rings. The van der Waals surface area contributed by atoms with E-state index < -0.39 is 29.9 Å². The largest absolute Gasteiger partial charge is 0.480 e. The molecule has 7 heteroatoms. The van der Waals surface area contributed by atoms with Crippen LogP contribution in [0.4, 0.5) is 5.69 Å². The zero-order valence-electron chi connectivity index (χ0n) is 16.0. The van der Waals surface area contributed by atoms with E-state index in [0.29, 0.717) is 37.9 Å². The van der Waals surface area contributed by atoms with E-state index >= 15 is 0 Å². The van der Waals surface area contributed by atoms with Crippen molar-refractivity contribution in [3.05, 3.63) is 65.7 Å². The van der Waals surface area contributed by atoms with Crippen LogP contribution in [0.5, 0.6) is 0 Å². The third kappa shape index (κ3) is 4.93. The molecule has 2 aromatic carbocycles. The average molecular weight is 396 g/mol. The average Bonchev–Trinajstić information content (AvgIpc) is 3.22. The van der Waals surface area contributed by atoms with Crippen LogP contribution in [0.1, 0.15) is 35.2 Å². The number of aryl methyl sites for hydroxylation is 1. The van der Waals surface area contributed by atoms with Gasteiger partial charge in [-0.05, 0) is 43.4 Å². The highest BCUT2D eigenvalue weighted by Crippen LogP contribution is 2.25. The summed E-state index contributed by atoms with van der Waals surface area (Å²) in [5, 5.41) is 22.0. The summed E-state index contributed by atoms with van der Waals surface area (Å²) < 4.78 is 0. The number of rotatable bonds is 8. The van der Waals surface area contributed by atoms with Crippen molar-refractivity contribution >= 4 is 23.5 Å². The lowest BCUT2D eigenvalue weighted by molar-refractivity contribution is -0.141. The Bertz CT molecular complexity index is 884. The van der Waals surface area contributed by atoms with Crippen LogP contribution in [0, 0.1) is 0 Å². The molecule has 2 aromatic rings. The normalized spacial score (nSPS) is 17.0. The monoisotopic (exact) mass is 396 g/mol. The van der Waals surface area contributed by atoms with Crippen LogP contribution in [0.25, 0.3) is 0 Å². The fraction of sp³-hybridized carbons (Fsp3) is 0.318. The van der Waals surface area contributed by atoms with Crippen LogP contribution in [-0.2, 0) is 16.0 Å². The van der Waals surface area contributed by atoms with Gasteiger partial charge in [0.25, 0.3) is 5.91 Å². The Morgan fingerprint density at radius 1 is 1.03 bits per heavy atom. The number of nitrogens with one attached hydrogen (secondary N) is 1. The number of aliphatic carboxylic acids is 2. The van der Waals surface area contributed by atoms with Gasteiger partial charge in [0.2, 0.25) is 0 Å². The number of likely N-dealkylation sites (tertiary alicyclic amines) is 1. The molecule has 3 N–H and O–H groups in total. The Morgan fingerprint density at radius 2 is 1.72 bits per heavy atom. The second-order valence-electron chi connectivity index (χ2n) is 7.10. The molecule has 1 unspecified atom stereocenters. The number of hydrogen-bond acceptors (Lipinski definition) is 4. The molecule has 1 saturated heterocycles. The molecular formula is C22H24N2O5. The van der Waals surface area contributed by atoms with Crippen molar-refractivity contribution in [2.75, 3.05) is 11.9 Å². The number of carbonyl (C=O) groups is 3. The molecule has 0 aromatic heterocycles. The van der Waals surface area contributed by atoms with Crippen molar-refractivity contribution < 1.29 is 24.6 Å². The fourth-order valence-corrected chi connectivity index (χ4v) is 3.62. The molecule has 1 aliphatic heterocycles. The molecule has 0 spiro atoms. The second kappa shape index (κ2) is 9.23. The number of hydrogen-bond donors (Lipinski definition) is 3. The topological polar surface area (TPSA) is 107 Å². The number of para-hydroxylation sites is 1. The summed E-state index contributed by atoms with van der Waals surface area (Å²) in [7, 11) is 0. The summed E-state index contributed by atoms with van der Waals surface area (Å²) in [6.45, 7) is 0.375. The first-order valence-electron chi connectivity index (χ1n) is 9.63. The van der Waals surface area contributed by atoms with Gasteiger partial charge < -0.3 is 20.4 Å². The van der Waals surface area contributed by atoms with Crippen LogP contribution in [0.15, 0.2) is 54.6 Å². The Balaban J connectivity index is 1.77. The van der Waals surface area contributed by atoms with Gasteiger partial charge in [0, 0.05) is 12.2 Å². The molecular weight excluding hydrogens is 372 g/mol. The van der Waals surface area contributed by atoms with Gasteiger partial charge >= 0.3 is 11.9 Å². The minimum Gasteiger partial charge on any atom is -0.480 e. The van der Waals surface area contributed by atoms with Gasteiger partial charge in [0.15, 0.2) is 0 Å². The first kappa shape index (κ1) is 20.4. The molecule has 0 aliphatic carbocycles. The number of nitrogens with zero attached hydrogens (tertiary/aromatic N) is 1. The molecule has 7 nitrogen and oxygen atoms in total. The van der Waals surface area contributed by atoms with Crippen LogP contribution in [0.2, 0.25) is 0 Å². The number of carbonyl (C=O) groups excluding carboxylic acids is 1. The van der Waals surface area contributed by atoms with E-state index in [1.54, 1.807) is 24.3 Å². The van der Waals surface area contributed by atoms with Gasteiger partial charge in [0.1, 0.15) is 12.1 Å². The van der Waals surface area contributed by atoms with E-state index in [1.165, 1.54) is 4.90 Å². The Kier molecular flexibility index (Phi) is 6.49. The maximum atomic E-state index is 13.0. The number of anilines is 1. The number of carboxylic acid groups (broad SMARTS) is 2. The maximum Gasteiger partial charge on any atom is 0.326 e. The van der Waals surface area contributed by atoms with Crippen molar-refractivity contribution in [2.24, 2.45) is 0 Å². The molecule has 0 saturated carbocycles. The minimum absolute atomic E-state index is 0.284. The summed E-state index contributed by atoms with van der Waals surface area (Å²) in [6.07, 6.45) is 1.98. The summed E-state index contributed by atoms with van der Waals surface area (Å²) in [4.78, 5) is 37.5.